The van der Waals surface area contributed by atoms with Crippen molar-refractivity contribution >= 4 is 130 Å². The number of carbonyl (C=O) groups excluding carboxylic acids is 17. The van der Waals surface area contributed by atoms with E-state index < -0.39 is 279 Å². The van der Waals surface area contributed by atoms with Gasteiger partial charge in [-0.25, -0.2) is 0 Å². The molecule has 0 aromatic heterocycles. The molecule has 0 unspecified atom stereocenters. The number of carboxylic acid groups (broad SMARTS) is 3. The Hall–Kier alpha value is -13.8. The standard InChI is InChI=1S/C89H123N17O29S/c1-8-47(4)73(85(131)99-61(38-53-24-28-55(112)29-25-53)79(125)95-59(30-21-46(2)3)77(123)97-63(39-71(118)119)78(124)93-48(5)16-14-15-33-90)104-84(130)66(43-108)101-80(126)60(37-52-22-26-54(111)27-23-52)96-81(127)64(40-72(120)121)98-83(129)65(42-107)102-87(133)75(50(7)110)105-82(128)62(36-51-17-10-9-11-18-51)100-86(132)74(49(6)109)103-67(113)41-92-76(122)58(31-32-70(116)117)94-69(115)45-136-44-68(114)91-34-35-106-88(134)56-19-12-13-20-57(56)89(106)135/h9-13,17-20,22-29,46-50,58-66,73-75,107-112H,8,14-16,21,30-45,90H2,1-7H3,(H,91,114)(H,92,122)(H,93,124)(H,94,115)(H,95,125)(H,96,127)(H,97,123)(H,98,129)(H,99,131)(H,100,132)(H,101,126)(H,102,133)(H,103,113)(H,104,130)(H,105,128)(H,116,117)(H,118,119)(H,120,121)/t47-,48+,49+,50+,58-,59-,60-,61-,62-,63-,64-,65-,66-,73-,74-,75-/m0/s1. The van der Waals surface area contributed by atoms with Gasteiger partial charge in [-0.1, -0.05) is 107 Å². The summed E-state index contributed by atoms with van der Waals surface area (Å²) in [6, 6.07) is 1.77. The van der Waals surface area contributed by atoms with E-state index >= 15 is 0 Å². The Morgan fingerprint density at radius 2 is 0.772 bits per heavy atom. The number of carbonyl (C=O) groups is 20. The van der Waals surface area contributed by atoms with E-state index in [0.717, 1.165) is 30.5 Å². The Labute approximate surface area is 786 Å². The molecule has 0 saturated carbocycles. The first-order valence-corrected chi connectivity index (χ1v) is 45.1. The minimum absolute atomic E-state index is 0.0565. The first kappa shape index (κ1) is 113. The van der Waals surface area contributed by atoms with Gasteiger partial charge in [-0.2, -0.15) is 0 Å². The molecule has 16 atom stereocenters. The molecule has 1 aliphatic rings. The van der Waals surface area contributed by atoms with Gasteiger partial charge in [-0.3, -0.25) is 101 Å². The number of unbranched alkanes of at least 4 members (excludes halogenated alkanes) is 1. The van der Waals surface area contributed by atoms with Crippen molar-refractivity contribution < 1.29 is 142 Å². The summed E-state index contributed by atoms with van der Waals surface area (Å²) in [5.74, 6) is -24.7. The van der Waals surface area contributed by atoms with Gasteiger partial charge in [0.15, 0.2) is 0 Å². The Kier molecular flexibility index (Phi) is 47.3. The number of aromatic hydroxyl groups is 2. The molecule has 0 spiro atoms. The molecule has 4 aromatic carbocycles. The van der Waals surface area contributed by atoms with Crippen LogP contribution in [-0.4, -0.2) is 311 Å². The summed E-state index contributed by atoms with van der Waals surface area (Å²) in [6.07, 6.45) is -6.16. The molecule has 47 heteroatoms. The average molecular weight is 1930 g/mol. The third kappa shape index (κ3) is 38.3. The summed E-state index contributed by atoms with van der Waals surface area (Å²) in [4.78, 5) is 272. The molecule has 26 N–H and O–H groups in total. The highest BCUT2D eigenvalue weighted by Gasteiger charge is 2.41. The van der Waals surface area contributed by atoms with Crippen molar-refractivity contribution in [1.29, 1.82) is 0 Å². The zero-order chi connectivity index (χ0) is 101. The van der Waals surface area contributed by atoms with Crippen molar-refractivity contribution in [2.75, 3.05) is 50.9 Å². The van der Waals surface area contributed by atoms with Crippen LogP contribution in [0, 0.1) is 11.8 Å². The van der Waals surface area contributed by atoms with E-state index in [9.17, 15) is 142 Å². The van der Waals surface area contributed by atoms with Gasteiger partial charge in [-0.05, 0) is 124 Å². The van der Waals surface area contributed by atoms with E-state index in [1.54, 1.807) is 44.2 Å². The monoisotopic (exact) mass is 1930 g/mol. The quantitative estimate of drug-likeness (QED) is 0.0145. The molecular formula is C89H123N17O29S. The lowest BCUT2D eigenvalue weighted by Crippen LogP contribution is -2.63. The molecule has 0 saturated heterocycles. The van der Waals surface area contributed by atoms with Gasteiger partial charge in [0.1, 0.15) is 84.0 Å². The predicted octanol–water partition coefficient (Wildman–Crippen LogP) is -5.12. The molecule has 0 fully saturated rings. The maximum atomic E-state index is 14.7. The largest absolute Gasteiger partial charge is 0.508 e. The van der Waals surface area contributed by atoms with Crippen molar-refractivity contribution in [3.05, 3.63) is 131 Å². The number of phenolic OH excluding ortho intramolecular Hbond substituents is 2. The van der Waals surface area contributed by atoms with Crippen LogP contribution in [0.5, 0.6) is 11.5 Å². The van der Waals surface area contributed by atoms with Crippen molar-refractivity contribution in [3.8, 4) is 11.5 Å². The van der Waals surface area contributed by atoms with Crippen LogP contribution in [0.4, 0.5) is 0 Å². The van der Waals surface area contributed by atoms with E-state index in [0.29, 0.717) is 43.4 Å². The average Bonchev–Trinajstić information content (AvgIpc) is 1.64. The first-order valence-electron chi connectivity index (χ1n) is 43.9. The lowest BCUT2D eigenvalue weighted by molar-refractivity contribution is -0.142. The number of nitrogens with two attached hydrogens (primary N) is 1. The number of amides is 17. The number of phenols is 2. The SMILES string of the molecule is CC[C@H](C)[C@H](NC(=O)[C@H](CO)NC(=O)[C@H](Cc1ccc(O)cc1)NC(=O)[C@H](CC(=O)O)NC(=O)[C@H](CO)NC(=O)[C@@H](NC(=O)[C@H](Cc1ccccc1)NC(=O)[C@@H](NC(=O)CNC(=O)[C@H](CCC(=O)O)NC(=O)CSCC(=O)NCCN1C(=O)c2ccccc2C1=O)[C@@H](C)O)[C@@H](C)O)C(=O)N[C@@H](Cc1ccc(O)cc1)C(=O)N[C@@H](CCC(C)C)C(=O)N[C@@H](CC(=O)O)C(=O)N[C@H](C)CCCCN. The maximum absolute atomic E-state index is 14.7. The third-order valence-corrected chi connectivity index (χ3v) is 22.3. The smallest absolute Gasteiger partial charge is 0.305 e. The number of benzene rings is 4. The number of nitrogens with one attached hydrogen (secondary N) is 15. The van der Waals surface area contributed by atoms with Crippen LogP contribution in [0.3, 0.4) is 0 Å². The Bertz CT molecular complexity index is 4790. The molecule has 136 heavy (non-hydrogen) atoms. The highest BCUT2D eigenvalue weighted by molar-refractivity contribution is 8.00. The van der Waals surface area contributed by atoms with Crippen LogP contribution in [0.15, 0.2) is 103 Å². The van der Waals surface area contributed by atoms with Crippen LogP contribution < -0.4 is 85.5 Å². The van der Waals surface area contributed by atoms with E-state index in [1.807, 2.05) is 13.8 Å². The zero-order valence-electron chi connectivity index (χ0n) is 76.1. The van der Waals surface area contributed by atoms with Gasteiger partial charge >= 0.3 is 17.9 Å². The lowest BCUT2D eigenvalue weighted by atomic mass is 9.96. The number of aliphatic hydroxyl groups is 4. The summed E-state index contributed by atoms with van der Waals surface area (Å²) in [6.45, 7) is 7.11. The van der Waals surface area contributed by atoms with Crippen molar-refractivity contribution in [1.82, 2.24) is 84.7 Å². The summed E-state index contributed by atoms with van der Waals surface area (Å²) in [5, 5.41) is 128. The van der Waals surface area contributed by atoms with Gasteiger partial charge in [0, 0.05) is 44.8 Å². The molecule has 5 rings (SSSR count). The Morgan fingerprint density at radius 1 is 0.382 bits per heavy atom. The second-order valence-corrected chi connectivity index (χ2v) is 33.9. The third-order valence-electron chi connectivity index (χ3n) is 21.4. The fourth-order valence-electron chi connectivity index (χ4n) is 13.6. The Morgan fingerprint density at radius 3 is 1.24 bits per heavy atom. The van der Waals surface area contributed by atoms with E-state index in [2.05, 4.69) is 79.8 Å². The fourth-order valence-corrected chi connectivity index (χ4v) is 14.3. The number of carboxylic acids is 3. The fraction of sp³-hybridized carbons (Fsp3) is 0.506. The van der Waals surface area contributed by atoms with Gasteiger partial charge in [0.2, 0.25) is 88.6 Å². The minimum Gasteiger partial charge on any atom is -0.508 e. The number of hydrogen-bond acceptors (Lipinski definition) is 28. The van der Waals surface area contributed by atoms with Gasteiger partial charge in [0.25, 0.3) is 11.8 Å². The normalized spacial score (nSPS) is 15.1. The van der Waals surface area contributed by atoms with Crippen LogP contribution in [0.25, 0.3) is 0 Å². The number of fused-ring (bicyclic) bond motifs is 1. The lowest BCUT2D eigenvalue weighted by Gasteiger charge is -2.30. The van der Waals surface area contributed by atoms with Gasteiger partial charge in [0.05, 0.1) is 67.4 Å². The molecule has 4 aromatic rings. The van der Waals surface area contributed by atoms with Gasteiger partial charge < -0.3 is 131 Å². The molecule has 0 radical (unpaired) electrons. The molecule has 46 nitrogen and oxygen atoms in total. The molecule has 1 aliphatic heterocycles. The van der Waals surface area contributed by atoms with E-state index in [-0.39, 0.29) is 72.2 Å². The minimum atomic E-state index is -2.23. The summed E-state index contributed by atoms with van der Waals surface area (Å²) in [7, 11) is 0. The van der Waals surface area contributed by atoms with Crippen LogP contribution in [0.1, 0.15) is 150 Å². The molecule has 0 aliphatic carbocycles. The molecule has 17 amide bonds. The number of thioether (sulfide) groups is 1. The summed E-state index contributed by atoms with van der Waals surface area (Å²) >= 11 is 0.786. The number of nitrogens with zero attached hydrogens (tertiary/aromatic N) is 1. The maximum Gasteiger partial charge on any atom is 0.305 e. The first-order chi connectivity index (χ1) is 64.4. The number of aliphatic hydroxyl groups excluding tert-OH is 4. The zero-order valence-corrected chi connectivity index (χ0v) is 76.9. The van der Waals surface area contributed by atoms with Crippen LogP contribution >= 0.6 is 11.8 Å². The second-order valence-electron chi connectivity index (χ2n) is 33.0. The predicted molar refractivity (Wildman–Crippen MR) is 485 cm³/mol. The van der Waals surface area contributed by atoms with Crippen molar-refractivity contribution in [2.24, 2.45) is 17.6 Å². The molecule has 0 bridgehead atoms. The molecule has 1 heterocycles. The van der Waals surface area contributed by atoms with E-state index in [4.69, 9.17) is 5.73 Å². The van der Waals surface area contributed by atoms with Crippen molar-refractivity contribution in [2.45, 2.75) is 223 Å². The van der Waals surface area contributed by atoms with Crippen LogP contribution in [0.2, 0.25) is 0 Å². The highest BCUT2D eigenvalue weighted by atomic mass is 32.2. The number of rotatable bonds is 60. The molecule has 744 valence electrons. The summed E-state index contributed by atoms with van der Waals surface area (Å²) < 4.78 is 0. The van der Waals surface area contributed by atoms with E-state index in [1.165, 1.54) is 79.7 Å². The van der Waals surface area contributed by atoms with Crippen molar-refractivity contribution in [3.63, 3.8) is 0 Å². The number of hydrogen-bond donors (Lipinski definition) is 25. The van der Waals surface area contributed by atoms with Gasteiger partial charge in [-0.15, -0.1) is 11.8 Å². The summed E-state index contributed by atoms with van der Waals surface area (Å²) in [5.41, 5.74) is 6.92. The molecular weight excluding hydrogens is 1800 g/mol. The highest BCUT2D eigenvalue weighted by Crippen LogP contribution is 2.23. The number of aliphatic carboxylic acids is 3. The number of imide groups is 1. The topological polar surface area (TPSA) is 733 Å². The second kappa shape index (κ2) is 57.1. The van der Waals surface area contributed by atoms with Crippen LogP contribution in [-0.2, 0) is 106 Å². The Balaban J connectivity index is 1.28.